The summed E-state index contributed by atoms with van der Waals surface area (Å²) in [6.07, 6.45) is 1.80. The van der Waals surface area contributed by atoms with E-state index in [-0.39, 0.29) is 31.4 Å². The largest absolute Gasteiger partial charge is 0.466 e. The molecule has 0 aliphatic carbocycles. The van der Waals surface area contributed by atoms with Crippen LogP contribution in [0.2, 0.25) is 0 Å². The highest BCUT2D eigenvalue weighted by atomic mass is 16.5. The van der Waals surface area contributed by atoms with Crippen LogP contribution in [0.3, 0.4) is 0 Å². The normalized spacial score (nSPS) is 16.3. The Labute approximate surface area is 173 Å². The standard InChI is InChI=1S/C21H26N4O5/c1-3-12-24-19(27)17(22-25(21(24)29)16-10-6-5-7-11-16)18(26)23-13-8-9-15(14-23)20(28)30-4-2/h5-7,10-11,15H,3-4,8-9,12-14H2,1-2H3/t15-/m0/s1. The number of nitrogens with zero attached hydrogens (tertiary/aromatic N) is 4. The van der Waals surface area contributed by atoms with E-state index in [2.05, 4.69) is 5.10 Å². The van der Waals surface area contributed by atoms with E-state index in [0.717, 1.165) is 9.25 Å². The summed E-state index contributed by atoms with van der Waals surface area (Å²) < 4.78 is 7.20. The van der Waals surface area contributed by atoms with Crippen LogP contribution in [0.15, 0.2) is 39.9 Å². The summed E-state index contributed by atoms with van der Waals surface area (Å²) >= 11 is 0. The van der Waals surface area contributed by atoms with Gasteiger partial charge in [0, 0.05) is 19.6 Å². The van der Waals surface area contributed by atoms with E-state index < -0.39 is 23.1 Å². The van der Waals surface area contributed by atoms with Gasteiger partial charge in [-0.15, -0.1) is 0 Å². The fourth-order valence-electron chi connectivity index (χ4n) is 3.57. The van der Waals surface area contributed by atoms with Crippen molar-refractivity contribution in [1.82, 2.24) is 19.2 Å². The van der Waals surface area contributed by atoms with Crippen molar-refractivity contribution in [3.63, 3.8) is 0 Å². The molecule has 1 aromatic carbocycles. The van der Waals surface area contributed by atoms with Gasteiger partial charge in [0.2, 0.25) is 5.69 Å². The summed E-state index contributed by atoms with van der Waals surface area (Å²) in [5, 5.41) is 4.13. The molecule has 1 aromatic heterocycles. The average molecular weight is 414 g/mol. The Hall–Kier alpha value is -3.23. The number of carbonyl (C=O) groups excluding carboxylic acids is 2. The average Bonchev–Trinajstić information content (AvgIpc) is 2.77. The van der Waals surface area contributed by atoms with Crippen LogP contribution in [0, 0.1) is 5.92 Å². The molecule has 2 heterocycles. The third-order valence-corrected chi connectivity index (χ3v) is 5.04. The van der Waals surface area contributed by atoms with Crippen LogP contribution in [0.25, 0.3) is 5.69 Å². The minimum Gasteiger partial charge on any atom is -0.466 e. The van der Waals surface area contributed by atoms with Crippen LogP contribution in [-0.2, 0) is 16.1 Å². The first-order valence-electron chi connectivity index (χ1n) is 10.2. The van der Waals surface area contributed by atoms with Gasteiger partial charge in [0.25, 0.3) is 11.5 Å². The van der Waals surface area contributed by atoms with E-state index in [9.17, 15) is 19.2 Å². The molecular formula is C21H26N4O5. The van der Waals surface area contributed by atoms with Gasteiger partial charge >= 0.3 is 11.7 Å². The molecule has 9 nitrogen and oxygen atoms in total. The first-order chi connectivity index (χ1) is 14.5. The third-order valence-electron chi connectivity index (χ3n) is 5.04. The summed E-state index contributed by atoms with van der Waals surface area (Å²) in [6.45, 7) is 4.60. The topological polar surface area (TPSA) is 104 Å². The van der Waals surface area contributed by atoms with Gasteiger partial charge in [-0.2, -0.15) is 9.78 Å². The third kappa shape index (κ3) is 4.34. The van der Waals surface area contributed by atoms with Gasteiger partial charge < -0.3 is 9.64 Å². The minimum atomic E-state index is -0.711. The second-order valence-electron chi connectivity index (χ2n) is 7.18. The molecule has 0 N–H and O–H groups in total. The van der Waals surface area contributed by atoms with Gasteiger partial charge in [0.15, 0.2) is 0 Å². The predicted molar refractivity (Wildman–Crippen MR) is 110 cm³/mol. The maximum Gasteiger partial charge on any atom is 0.352 e. The minimum absolute atomic E-state index is 0.164. The Kier molecular flexibility index (Phi) is 6.81. The molecule has 2 aromatic rings. The zero-order valence-electron chi connectivity index (χ0n) is 17.2. The lowest BCUT2D eigenvalue weighted by Crippen LogP contribution is -2.49. The molecule has 1 atom stereocenters. The summed E-state index contributed by atoms with van der Waals surface area (Å²) in [5.41, 5.74) is -1.16. The molecular weight excluding hydrogens is 388 g/mol. The Morgan fingerprint density at radius 3 is 2.57 bits per heavy atom. The van der Waals surface area contributed by atoms with E-state index in [4.69, 9.17) is 4.74 Å². The molecule has 9 heteroatoms. The van der Waals surface area contributed by atoms with Crippen molar-refractivity contribution in [2.75, 3.05) is 19.7 Å². The summed E-state index contributed by atoms with van der Waals surface area (Å²) in [5.74, 6) is -1.36. The Morgan fingerprint density at radius 1 is 1.17 bits per heavy atom. The number of rotatable bonds is 6. The molecule has 0 spiro atoms. The molecule has 1 saturated heterocycles. The van der Waals surface area contributed by atoms with Crippen molar-refractivity contribution in [2.24, 2.45) is 5.92 Å². The van der Waals surface area contributed by atoms with E-state index in [1.807, 2.05) is 6.92 Å². The number of likely N-dealkylation sites (tertiary alicyclic amines) is 1. The molecule has 30 heavy (non-hydrogen) atoms. The second kappa shape index (κ2) is 9.51. The van der Waals surface area contributed by atoms with Crippen LogP contribution in [0.4, 0.5) is 0 Å². The van der Waals surface area contributed by atoms with E-state index >= 15 is 0 Å². The van der Waals surface area contributed by atoms with Crippen molar-refractivity contribution in [2.45, 2.75) is 39.7 Å². The maximum absolute atomic E-state index is 13.2. The van der Waals surface area contributed by atoms with Gasteiger partial charge in [-0.05, 0) is 38.3 Å². The molecule has 0 saturated carbocycles. The lowest BCUT2D eigenvalue weighted by atomic mass is 9.98. The van der Waals surface area contributed by atoms with Gasteiger partial charge in [0.1, 0.15) is 0 Å². The van der Waals surface area contributed by atoms with Crippen molar-refractivity contribution >= 4 is 11.9 Å². The van der Waals surface area contributed by atoms with E-state index in [1.165, 1.54) is 4.90 Å². The smallest absolute Gasteiger partial charge is 0.352 e. The highest BCUT2D eigenvalue weighted by Crippen LogP contribution is 2.19. The zero-order chi connectivity index (χ0) is 21.7. The molecule has 160 valence electrons. The number of hydrogen-bond donors (Lipinski definition) is 0. The van der Waals surface area contributed by atoms with Crippen LogP contribution in [0.1, 0.15) is 43.6 Å². The number of piperidine rings is 1. The lowest BCUT2D eigenvalue weighted by molar-refractivity contribution is -0.149. The quantitative estimate of drug-likeness (QED) is 0.659. The van der Waals surface area contributed by atoms with Crippen LogP contribution in [0.5, 0.6) is 0 Å². The molecule has 1 fully saturated rings. The Balaban J connectivity index is 2.01. The Bertz CT molecular complexity index is 1030. The highest BCUT2D eigenvalue weighted by Gasteiger charge is 2.32. The zero-order valence-corrected chi connectivity index (χ0v) is 17.2. The fraction of sp³-hybridized carbons (Fsp3) is 0.476. The van der Waals surface area contributed by atoms with Gasteiger partial charge in [-0.1, -0.05) is 25.1 Å². The lowest BCUT2D eigenvalue weighted by Gasteiger charge is -2.31. The molecule has 1 aliphatic heterocycles. The van der Waals surface area contributed by atoms with Crippen LogP contribution < -0.4 is 11.2 Å². The first-order valence-corrected chi connectivity index (χ1v) is 10.2. The number of esters is 1. The van der Waals surface area contributed by atoms with Gasteiger partial charge in [-0.25, -0.2) is 4.79 Å². The Morgan fingerprint density at radius 2 is 1.90 bits per heavy atom. The number of ether oxygens (including phenoxy) is 1. The van der Waals surface area contributed by atoms with E-state index in [0.29, 0.717) is 31.5 Å². The molecule has 0 unspecified atom stereocenters. The molecule has 3 rings (SSSR count). The molecule has 1 amide bonds. The van der Waals surface area contributed by atoms with E-state index in [1.54, 1.807) is 37.3 Å². The SMILES string of the molecule is CCCn1c(=O)c(C(=O)N2CCC[C@H](C(=O)OCC)C2)nn(-c2ccccc2)c1=O. The van der Waals surface area contributed by atoms with Gasteiger partial charge in [-0.3, -0.25) is 19.0 Å². The fourth-order valence-corrected chi connectivity index (χ4v) is 3.57. The monoisotopic (exact) mass is 414 g/mol. The van der Waals surface area contributed by atoms with Gasteiger partial charge in [0.05, 0.1) is 18.2 Å². The molecule has 1 aliphatic rings. The highest BCUT2D eigenvalue weighted by molar-refractivity contribution is 5.92. The summed E-state index contributed by atoms with van der Waals surface area (Å²) in [6, 6.07) is 8.65. The molecule has 0 radical (unpaired) electrons. The predicted octanol–water partition coefficient (Wildman–Crippen LogP) is 1.22. The number of carbonyl (C=O) groups is 2. The maximum atomic E-state index is 13.2. The number of benzene rings is 1. The summed E-state index contributed by atoms with van der Waals surface area (Å²) in [7, 11) is 0. The van der Waals surface area contributed by atoms with Crippen LogP contribution >= 0.6 is 0 Å². The second-order valence-corrected chi connectivity index (χ2v) is 7.18. The van der Waals surface area contributed by atoms with Crippen LogP contribution in [-0.4, -0.2) is 50.8 Å². The number of amides is 1. The van der Waals surface area contributed by atoms with Crippen molar-refractivity contribution in [1.29, 1.82) is 0 Å². The number of para-hydroxylation sites is 1. The van der Waals surface area contributed by atoms with Crippen molar-refractivity contribution in [3.8, 4) is 5.69 Å². The first kappa shape index (κ1) is 21.5. The van der Waals surface area contributed by atoms with Crippen molar-refractivity contribution < 1.29 is 14.3 Å². The molecule has 0 bridgehead atoms. The number of aromatic nitrogens is 3. The number of hydrogen-bond acceptors (Lipinski definition) is 6. The summed E-state index contributed by atoms with van der Waals surface area (Å²) in [4.78, 5) is 52.5. The van der Waals surface area contributed by atoms with Crippen molar-refractivity contribution in [3.05, 3.63) is 56.9 Å².